The third kappa shape index (κ3) is 3.84. The molecule has 1 aromatic rings. The predicted octanol–water partition coefficient (Wildman–Crippen LogP) is 3.20. The molecule has 0 aromatic carbocycles. The van der Waals surface area contributed by atoms with E-state index in [2.05, 4.69) is 23.6 Å². The molecule has 2 unspecified atom stereocenters. The van der Waals surface area contributed by atoms with Crippen molar-refractivity contribution in [2.75, 3.05) is 18.4 Å². The highest BCUT2D eigenvalue weighted by atomic mass is 32.1. The van der Waals surface area contributed by atoms with E-state index < -0.39 is 0 Å². The van der Waals surface area contributed by atoms with Crippen molar-refractivity contribution in [2.45, 2.75) is 40.0 Å². The molecule has 1 aliphatic heterocycles. The van der Waals surface area contributed by atoms with Crippen molar-refractivity contribution in [3.05, 3.63) is 16.0 Å². The van der Waals surface area contributed by atoms with Gasteiger partial charge in [-0.25, -0.2) is 0 Å². The van der Waals surface area contributed by atoms with Crippen LogP contribution in [-0.4, -0.2) is 19.0 Å². The number of amides is 1. The lowest BCUT2D eigenvalue weighted by Gasteiger charge is -2.27. The van der Waals surface area contributed by atoms with Gasteiger partial charge in [0.25, 0.3) is 0 Å². The number of hydrogen-bond donors (Lipinski definition) is 2. The Labute approximate surface area is 130 Å². The van der Waals surface area contributed by atoms with Gasteiger partial charge in [-0.05, 0) is 57.2 Å². The molecule has 0 bridgehead atoms. The minimum absolute atomic E-state index is 0.0193. The van der Waals surface area contributed by atoms with Crippen LogP contribution >= 0.6 is 11.3 Å². The second kappa shape index (κ2) is 7.06. The van der Waals surface area contributed by atoms with Gasteiger partial charge in [0.15, 0.2) is 0 Å². The van der Waals surface area contributed by atoms with Gasteiger partial charge in [0.2, 0.25) is 5.91 Å². The molecule has 1 saturated heterocycles. The molecule has 0 saturated carbocycles. The van der Waals surface area contributed by atoms with Crippen LogP contribution in [0.5, 0.6) is 0 Å². The van der Waals surface area contributed by atoms with Gasteiger partial charge in [0.05, 0.1) is 5.56 Å². The maximum absolute atomic E-state index is 12.2. The van der Waals surface area contributed by atoms with Crippen molar-refractivity contribution < 1.29 is 4.79 Å². The van der Waals surface area contributed by atoms with Gasteiger partial charge >= 0.3 is 0 Å². The fraction of sp³-hybridized carbons (Fsp3) is 0.625. The number of nitriles is 1. The molecular formula is C16H23N3OS. The summed E-state index contributed by atoms with van der Waals surface area (Å²) >= 11 is 1.49. The molecule has 2 rings (SSSR count). The van der Waals surface area contributed by atoms with Crippen molar-refractivity contribution in [3.8, 4) is 6.07 Å². The van der Waals surface area contributed by atoms with Crippen molar-refractivity contribution in [1.82, 2.24) is 5.32 Å². The van der Waals surface area contributed by atoms with Crippen LogP contribution in [-0.2, 0) is 4.79 Å². The lowest BCUT2D eigenvalue weighted by atomic mass is 9.85. The second-order valence-corrected chi connectivity index (χ2v) is 7.16. The molecule has 2 atom stereocenters. The zero-order valence-electron chi connectivity index (χ0n) is 13.0. The highest BCUT2D eigenvalue weighted by molar-refractivity contribution is 7.16. The largest absolute Gasteiger partial charge is 0.317 e. The highest BCUT2D eigenvalue weighted by Crippen LogP contribution is 2.32. The number of carbonyl (C=O) groups excluding carboxylic acids is 1. The summed E-state index contributed by atoms with van der Waals surface area (Å²) in [6.07, 6.45) is 2.91. The summed E-state index contributed by atoms with van der Waals surface area (Å²) in [6.45, 7) is 8.15. The minimum atomic E-state index is 0.0193. The Hall–Kier alpha value is -1.38. The molecule has 0 radical (unpaired) electrons. The van der Waals surface area contributed by atoms with Gasteiger partial charge in [-0.3, -0.25) is 4.79 Å². The number of anilines is 1. The number of nitrogens with one attached hydrogen (secondary N) is 2. The van der Waals surface area contributed by atoms with E-state index in [9.17, 15) is 10.1 Å². The molecule has 1 aromatic heterocycles. The Morgan fingerprint density at radius 2 is 2.33 bits per heavy atom. The maximum atomic E-state index is 12.2. The standard InChI is InChI=1S/C16H23N3OS/c1-10(13-5-4-6-18-9-13)7-15(20)19-16-14(8-17)11(2)12(3)21-16/h10,13,18H,4-7,9H2,1-3H3,(H,19,20). The Morgan fingerprint density at radius 1 is 1.57 bits per heavy atom. The third-order valence-corrected chi connectivity index (χ3v) is 5.52. The zero-order chi connectivity index (χ0) is 15.4. The molecule has 1 fully saturated rings. The number of rotatable bonds is 4. The molecule has 4 nitrogen and oxygen atoms in total. The molecular weight excluding hydrogens is 282 g/mol. The molecule has 0 aliphatic carbocycles. The zero-order valence-corrected chi connectivity index (χ0v) is 13.8. The Morgan fingerprint density at radius 3 is 2.95 bits per heavy atom. The van der Waals surface area contributed by atoms with Crippen LogP contribution in [0.4, 0.5) is 5.00 Å². The van der Waals surface area contributed by atoms with E-state index in [1.165, 1.54) is 24.2 Å². The van der Waals surface area contributed by atoms with Crippen molar-refractivity contribution in [3.63, 3.8) is 0 Å². The van der Waals surface area contributed by atoms with Crippen molar-refractivity contribution in [1.29, 1.82) is 5.26 Å². The maximum Gasteiger partial charge on any atom is 0.225 e. The van der Waals surface area contributed by atoms with Gasteiger partial charge in [-0.1, -0.05) is 6.92 Å². The van der Waals surface area contributed by atoms with E-state index in [1.54, 1.807) is 0 Å². The van der Waals surface area contributed by atoms with Crippen LogP contribution in [0, 0.1) is 37.0 Å². The van der Waals surface area contributed by atoms with Gasteiger partial charge in [-0.2, -0.15) is 5.26 Å². The van der Waals surface area contributed by atoms with E-state index in [1.807, 2.05) is 13.8 Å². The number of aryl methyl sites for hydroxylation is 1. The Kier molecular flexibility index (Phi) is 5.38. The fourth-order valence-electron chi connectivity index (χ4n) is 2.85. The second-order valence-electron chi connectivity index (χ2n) is 5.94. The first-order valence-electron chi connectivity index (χ1n) is 7.53. The van der Waals surface area contributed by atoms with E-state index >= 15 is 0 Å². The Bertz CT molecular complexity index is 553. The van der Waals surface area contributed by atoms with Gasteiger partial charge in [0.1, 0.15) is 11.1 Å². The average Bonchev–Trinajstić information content (AvgIpc) is 2.73. The smallest absolute Gasteiger partial charge is 0.225 e. The summed E-state index contributed by atoms with van der Waals surface area (Å²) in [5.41, 5.74) is 1.58. The average molecular weight is 305 g/mol. The number of carbonyl (C=O) groups is 1. The van der Waals surface area contributed by atoms with Gasteiger partial charge in [0, 0.05) is 11.3 Å². The molecule has 5 heteroatoms. The Balaban J connectivity index is 1.95. The van der Waals surface area contributed by atoms with E-state index in [0.29, 0.717) is 28.8 Å². The first-order valence-corrected chi connectivity index (χ1v) is 8.35. The number of thiophene rings is 1. The summed E-state index contributed by atoms with van der Waals surface area (Å²) < 4.78 is 0. The lowest BCUT2D eigenvalue weighted by molar-refractivity contribution is -0.117. The van der Waals surface area contributed by atoms with Crippen LogP contribution in [0.3, 0.4) is 0 Å². The molecule has 2 N–H and O–H groups in total. The normalized spacial score (nSPS) is 19.8. The summed E-state index contributed by atoms with van der Waals surface area (Å²) in [7, 11) is 0. The van der Waals surface area contributed by atoms with Crippen LogP contribution in [0.25, 0.3) is 0 Å². The molecule has 21 heavy (non-hydrogen) atoms. The molecule has 0 spiro atoms. The van der Waals surface area contributed by atoms with E-state index in [4.69, 9.17) is 0 Å². The van der Waals surface area contributed by atoms with Gasteiger partial charge < -0.3 is 10.6 Å². The topological polar surface area (TPSA) is 64.9 Å². The number of nitrogens with zero attached hydrogens (tertiary/aromatic N) is 1. The highest BCUT2D eigenvalue weighted by Gasteiger charge is 2.23. The van der Waals surface area contributed by atoms with Crippen LogP contribution in [0.2, 0.25) is 0 Å². The van der Waals surface area contributed by atoms with Crippen LogP contribution < -0.4 is 10.6 Å². The first-order chi connectivity index (χ1) is 10.0. The van der Waals surface area contributed by atoms with Gasteiger partial charge in [-0.15, -0.1) is 11.3 Å². The monoisotopic (exact) mass is 305 g/mol. The molecule has 114 valence electrons. The fourth-order valence-corrected chi connectivity index (χ4v) is 3.88. The first kappa shape index (κ1) is 16.0. The predicted molar refractivity (Wildman–Crippen MR) is 86.5 cm³/mol. The summed E-state index contributed by atoms with van der Waals surface area (Å²) in [5.74, 6) is 0.961. The lowest BCUT2D eigenvalue weighted by Crippen LogP contribution is -2.34. The van der Waals surface area contributed by atoms with Crippen molar-refractivity contribution >= 4 is 22.2 Å². The SMILES string of the molecule is Cc1sc(NC(=O)CC(C)C2CCCNC2)c(C#N)c1C. The molecule has 2 heterocycles. The number of piperidine rings is 1. The third-order valence-electron chi connectivity index (χ3n) is 4.40. The summed E-state index contributed by atoms with van der Waals surface area (Å²) in [4.78, 5) is 13.3. The van der Waals surface area contributed by atoms with Crippen molar-refractivity contribution in [2.24, 2.45) is 11.8 Å². The molecule has 1 aliphatic rings. The quantitative estimate of drug-likeness (QED) is 0.898. The van der Waals surface area contributed by atoms with E-state index in [-0.39, 0.29) is 5.91 Å². The van der Waals surface area contributed by atoms with Crippen LogP contribution in [0.1, 0.15) is 42.2 Å². The summed E-state index contributed by atoms with van der Waals surface area (Å²) in [5, 5.41) is 16.2. The summed E-state index contributed by atoms with van der Waals surface area (Å²) in [6, 6.07) is 2.19. The van der Waals surface area contributed by atoms with Crippen LogP contribution in [0.15, 0.2) is 0 Å². The van der Waals surface area contributed by atoms with E-state index in [0.717, 1.165) is 23.5 Å². The number of hydrogen-bond acceptors (Lipinski definition) is 4. The minimum Gasteiger partial charge on any atom is -0.317 e. The molecule has 1 amide bonds.